The quantitative estimate of drug-likeness (QED) is 0.608. The van der Waals surface area contributed by atoms with Crippen LogP contribution in [0.1, 0.15) is 12.8 Å². The number of hydrogen-bond acceptors (Lipinski definition) is 7. The number of fused-ring (bicyclic) bond motifs is 1. The number of carbonyl (C=O) groups excluding carboxylic acids is 2. The summed E-state index contributed by atoms with van der Waals surface area (Å²) in [6.45, 7) is 0.857. The molecule has 1 saturated heterocycles. The van der Waals surface area contributed by atoms with Crippen LogP contribution in [-0.4, -0.2) is 53.5 Å². The number of imidazole rings is 1. The Balaban J connectivity index is 1.43. The fourth-order valence-electron chi connectivity index (χ4n) is 3.65. The molecule has 0 unspecified atom stereocenters. The number of anilines is 1. The fraction of sp³-hybridized carbons (Fsp3) is 0.444. The molecule has 30 heavy (non-hydrogen) atoms. The van der Waals surface area contributed by atoms with E-state index in [0.717, 1.165) is 4.57 Å². The van der Waals surface area contributed by atoms with Crippen LogP contribution in [0, 0.1) is 5.92 Å². The molecular weight excluding hydrogens is 410 g/mol. The maximum Gasteiger partial charge on any atom is 0.332 e. The van der Waals surface area contributed by atoms with Crippen LogP contribution in [0.3, 0.4) is 0 Å². The van der Waals surface area contributed by atoms with Gasteiger partial charge in [-0.1, -0.05) is 0 Å². The lowest BCUT2D eigenvalue weighted by Crippen LogP contribution is -2.43. The van der Waals surface area contributed by atoms with Crippen LogP contribution in [0.5, 0.6) is 0 Å². The van der Waals surface area contributed by atoms with Crippen molar-refractivity contribution in [1.29, 1.82) is 0 Å². The number of carbonyl (C=O) groups is 2. The number of likely N-dealkylation sites (tertiary alicyclic amines) is 1. The van der Waals surface area contributed by atoms with Crippen LogP contribution >= 0.6 is 11.3 Å². The molecule has 0 atom stereocenters. The molecule has 3 aromatic heterocycles. The number of hydrogen-bond donors (Lipinski definition) is 1. The van der Waals surface area contributed by atoms with Crippen molar-refractivity contribution in [1.82, 2.24) is 28.6 Å². The zero-order chi connectivity index (χ0) is 21.4. The molecule has 1 aliphatic rings. The van der Waals surface area contributed by atoms with Crippen LogP contribution in [-0.2, 0) is 30.2 Å². The Morgan fingerprint density at radius 3 is 2.57 bits per heavy atom. The van der Waals surface area contributed by atoms with E-state index in [2.05, 4.69) is 15.3 Å². The lowest BCUT2D eigenvalue weighted by Gasteiger charge is -2.31. The molecule has 2 amide bonds. The van der Waals surface area contributed by atoms with Crippen LogP contribution in [0.25, 0.3) is 11.2 Å². The van der Waals surface area contributed by atoms with Gasteiger partial charge in [0.15, 0.2) is 16.3 Å². The lowest BCUT2D eigenvalue weighted by atomic mass is 9.96. The summed E-state index contributed by atoms with van der Waals surface area (Å²) < 4.78 is 3.75. The number of nitrogens with one attached hydrogen (secondary N) is 1. The predicted octanol–water partition coefficient (Wildman–Crippen LogP) is -0.233. The third kappa shape index (κ3) is 3.54. The third-order valence-electron chi connectivity index (χ3n) is 5.40. The van der Waals surface area contributed by atoms with E-state index in [9.17, 15) is 19.2 Å². The zero-order valence-corrected chi connectivity index (χ0v) is 17.4. The average molecular weight is 431 g/mol. The Hall–Kier alpha value is -3.28. The van der Waals surface area contributed by atoms with Crippen molar-refractivity contribution in [2.75, 3.05) is 18.4 Å². The van der Waals surface area contributed by atoms with E-state index in [0.29, 0.717) is 31.1 Å². The second-order valence-electron chi connectivity index (χ2n) is 7.23. The van der Waals surface area contributed by atoms with Gasteiger partial charge in [-0.2, -0.15) is 0 Å². The molecule has 4 heterocycles. The number of piperidine rings is 1. The Morgan fingerprint density at radius 2 is 1.90 bits per heavy atom. The predicted molar refractivity (Wildman–Crippen MR) is 110 cm³/mol. The van der Waals surface area contributed by atoms with Gasteiger partial charge in [0.1, 0.15) is 6.54 Å². The Bertz CT molecular complexity index is 1220. The molecule has 0 aliphatic carbocycles. The molecule has 0 radical (unpaired) electrons. The van der Waals surface area contributed by atoms with Crippen LogP contribution in [0.2, 0.25) is 0 Å². The van der Waals surface area contributed by atoms with Gasteiger partial charge in [-0.25, -0.2) is 14.8 Å². The maximum absolute atomic E-state index is 12.8. The second kappa shape index (κ2) is 7.86. The number of aryl methyl sites for hydroxylation is 1. The van der Waals surface area contributed by atoms with E-state index in [4.69, 9.17) is 0 Å². The summed E-state index contributed by atoms with van der Waals surface area (Å²) in [5.74, 6) is -0.417. The van der Waals surface area contributed by atoms with Gasteiger partial charge in [-0.15, -0.1) is 11.3 Å². The van der Waals surface area contributed by atoms with Gasteiger partial charge >= 0.3 is 5.69 Å². The minimum atomic E-state index is -0.490. The van der Waals surface area contributed by atoms with E-state index in [1.54, 1.807) is 16.5 Å². The summed E-state index contributed by atoms with van der Waals surface area (Å²) in [6, 6.07) is 0. The van der Waals surface area contributed by atoms with Crippen molar-refractivity contribution in [3.8, 4) is 0 Å². The highest BCUT2D eigenvalue weighted by Crippen LogP contribution is 2.21. The zero-order valence-electron chi connectivity index (χ0n) is 16.6. The van der Waals surface area contributed by atoms with Crippen molar-refractivity contribution in [3.63, 3.8) is 0 Å². The molecule has 158 valence electrons. The second-order valence-corrected chi connectivity index (χ2v) is 8.13. The Kier molecular flexibility index (Phi) is 5.24. The van der Waals surface area contributed by atoms with Crippen LogP contribution in [0.4, 0.5) is 5.13 Å². The molecule has 1 fully saturated rings. The maximum atomic E-state index is 12.8. The summed E-state index contributed by atoms with van der Waals surface area (Å²) in [5.41, 5.74) is -0.503. The first-order valence-electron chi connectivity index (χ1n) is 9.45. The minimum absolute atomic E-state index is 0.0556. The molecule has 4 rings (SSSR count). The summed E-state index contributed by atoms with van der Waals surface area (Å²) in [5, 5.41) is 5.17. The van der Waals surface area contributed by atoms with E-state index >= 15 is 0 Å². The standard InChI is InChI=1S/C18H21N7O4S/c1-22-14-13(16(28)23(2)18(22)29)25(10-20-14)9-12(26)24-6-3-11(4-7-24)15(27)21-17-19-5-8-30-17/h5,8,10-11H,3-4,6-7,9H2,1-2H3,(H,19,21,27). The minimum Gasteiger partial charge on any atom is -0.341 e. The van der Waals surface area contributed by atoms with Crippen LogP contribution < -0.4 is 16.6 Å². The van der Waals surface area contributed by atoms with Crippen molar-refractivity contribution in [3.05, 3.63) is 38.7 Å². The SMILES string of the molecule is Cn1c(=O)c2c(ncn2CC(=O)N2CCC(C(=O)Nc3nccs3)CC2)n(C)c1=O. The highest BCUT2D eigenvalue weighted by molar-refractivity contribution is 7.13. The Morgan fingerprint density at radius 1 is 1.17 bits per heavy atom. The number of nitrogens with zero attached hydrogens (tertiary/aromatic N) is 6. The molecule has 1 N–H and O–H groups in total. The molecule has 0 saturated carbocycles. The summed E-state index contributed by atoms with van der Waals surface area (Å²) >= 11 is 1.36. The van der Waals surface area contributed by atoms with Crippen molar-refractivity contribution in [2.45, 2.75) is 19.4 Å². The van der Waals surface area contributed by atoms with E-state index in [-0.39, 0.29) is 35.4 Å². The third-order valence-corrected chi connectivity index (χ3v) is 6.09. The number of thiazole rings is 1. The van der Waals surface area contributed by atoms with E-state index in [1.807, 2.05) is 0 Å². The highest BCUT2D eigenvalue weighted by Gasteiger charge is 2.28. The monoisotopic (exact) mass is 431 g/mol. The first-order chi connectivity index (χ1) is 14.4. The van der Waals surface area contributed by atoms with Gasteiger partial charge in [-0.3, -0.25) is 23.5 Å². The molecule has 0 aromatic carbocycles. The van der Waals surface area contributed by atoms with Crippen molar-refractivity contribution < 1.29 is 9.59 Å². The Labute approximate surface area is 174 Å². The molecule has 0 bridgehead atoms. The first-order valence-corrected chi connectivity index (χ1v) is 10.3. The largest absolute Gasteiger partial charge is 0.341 e. The molecule has 0 spiro atoms. The number of aromatic nitrogens is 5. The molecule has 11 nitrogen and oxygen atoms in total. The molecule has 3 aromatic rings. The molecule has 1 aliphatic heterocycles. The van der Waals surface area contributed by atoms with Crippen molar-refractivity contribution >= 4 is 39.4 Å². The van der Waals surface area contributed by atoms with E-state index in [1.165, 1.54) is 40.9 Å². The average Bonchev–Trinajstić information content (AvgIpc) is 3.41. The van der Waals surface area contributed by atoms with Gasteiger partial charge in [0.2, 0.25) is 11.8 Å². The normalized spacial score (nSPS) is 14.9. The highest BCUT2D eigenvalue weighted by atomic mass is 32.1. The smallest absolute Gasteiger partial charge is 0.332 e. The lowest BCUT2D eigenvalue weighted by molar-refractivity contribution is -0.135. The van der Waals surface area contributed by atoms with Gasteiger partial charge in [0, 0.05) is 44.7 Å². The fourth-order valence-corrected chi connectivity index (χ4v) is 4.18. The first kappa shape index (κ1) is 20.0. The van der Waals surface area contributed by atoms with Crippen molar-refractivity contribution in [2.24, 2.45) is 20.0 Å². The van der Waals surface area contributed by atoms with Gasteiger partial charge < -0.3 is 14.8 Å². The van der Waals surface area contributed by atoms with Gasteiger partial charge in [0.25, 0.3) is 5.56 Å². The topological polar surface area (TPSA) is 124 Å². The number of amides is 2. The van der Waals surface area contributed by atoms with Crippen LogP contribution in [0.15, 0.2) is 27.5 Å². The van der Waals surface area contributed by atoms with Gasteiger partial charge in [0.05, 0.1) is 6.33 Å². The summed E-state index contributed by atoms with van der Waals surface area (Å²) in [4.78, 5) is 59.5. The summed E-state index contributed by atoms with van der Waals surface area (Å²) in [7, 11) is 2.93. The van der Waals surface area contributed by atoms with Gasteiger partial charge in [-0.05, 0) is 12.8 Å². The summed E-state index contributed by atoms with van der Waals surface area (Å²) in [6.07, 6.45) is 4.15. The van der Waals surface area contributed by atoms with E-state index < -0.39 is 11.2 Å². The number of rotatable bonds is 4. The molecule has 12 heteroatoms. The molecular formula is C18H21N7O4S.